The Bertz CT molecular complexity index is 896. The Morgan fingerprint density at radius 2 is 1.59 bits per heavy atom. The first kappa shape index (κ1) is 20.4. The van der Waals surface area contributed by atoms with Crippen molar-refractivity contribution in [2.75, 3.05) is 0 Å². The summed E-state index contributed by atoms with van der Waals surface area (Å²) in [5.41, 5.74) is 0.0650. The molecular weight excluding hydrogens is 383 g/mol. The number of fused-ring (bicyclic) bond motifs is 1. The van der Waals surface area contributed by atoms with Gasteiger partial charge in [-0.3, -0.25) is 0 Å². The molecule has 1 fully saturated rings. The molecule has 5 heteroatoms. The van der Waals surface area contributed by atoms with E-state index in [9.17, 15) is 22.0 Å². The predicted molar refractivity (Wildman–Crippen MR) is 103 cm³/mol. The lowest BCUT2D eigenvalue weighted by molar-refractivity contribution is -0.00838. The van der Waals surface area contributed by atoms with Gasteiger partial charge in [0.05, 0.1) is 5.56 Å². The maximum atomic E-state index is 15.0. The van der Waals surface area contributed by atoms with E-state index < -0.39 is 41.3 Å². The molecule has 0 N–H and O–H groups in total. The van der Waals surface area contributed by atoms with Gasteiger partial charge in [-0.1, -0.05) is 38.0 Å². The van der Waals surface area contributed by atoms with E-state index in [-0.39, 0.29) is 17.0 Å². The molecular formula is C24H25F5. The molecule has 0 amide bonds. The lowest BCUT2D eigenvalue weighted by Gasteiger charge is -2.29. The van der Waals surface area contributed by atoms with Gasteiger partial charge in [0.1, 0.15) is 5.82 Å². The Labute approximate surface area is 168 Å². The van der Waals surface area contributed by atoms with Gasteiger partial charge in [-0.25, -0.2) is 22.0 Å². The molecule has 156 valence electrons. The Hall–Kier alpha value is -1.91. The number of halogens is 5. The molecule has 2 aromatic rings. The highest BCUT2D eigenvalue weighted by Gasteiger charge is 2.49. The lowest BCUT2D eigenvalue weighted by Crippen LogP contribution is -2.14. The van der Waals surface area contributed by atoms with Gasteiger partial charge in [0, 0.05) is 12.3 Å². The normalized spacial score (nSPS) is 25.8. The molecule has 1 atom stereocenters. The average molecular weight is 408 g/mol. The van der Waals surface area contributed by atoms with Gasteiger partial charge in [-0.15, -0.1) is 0 Å². The summed E-state index contributed by atoms with van der Waals surface area (Å²) in [7, 11) is 0. The third kappa shape index (κ3) is 3.69. The first-order valence-corrected chi connectivity index (χ1v) is 10.5. The Kier molecular flexibility index (Phi) is 5.43. The highest BCUT2D eigenvalue weighted by atomic mass is 19.3. The molecule has 0 radical (unpaired) electrons. The molecule has 0 aromatic heterocycles. The number of rotatable bonds is 4. The van der Waals surface area contributed by atoms with E-state index in [0.29, 0.717) is 0 Å². The maximum absolute atomic E-state index is 15.0. The fourth-order valence-corrected chi connectivity index (χ4v) is 5.25. The summed E-state index contributed by atoms with van der Waals surface area (Å²) >= 11 is 0. The second kappa shape index (κ2) is 7.73. The van der Waals surface area contributed by atoms with Crippen molar-refractivity contribution in [3.63, 3.8) is 0 Å². The molecule has 0 nitrogen and oxygen atoms in total. The van der Waals surface area contributed by atoms with E-state index in [2.05, 4.69) is 6.92 Å². The van der Waals surface area contributed by atoms with Gasteiger partial charge < -0.3 is 0 Å². The van der Waals surface area contributed by atoms with Crippen LogP contribution < -0.4 is 0 Å². The molecule has 4 rings (SSSR count). The van der Waals surface area contributed by atoms with E-state index >= 15 is 0 Å². The van der Waals surface area contributed by atoms with Crippen LogP contribution in [0.5, 0.6) is 0 Å². The van der Waals surface area contributed by atoms with E-state index in [4.69, 9.17) is 0 Å². The first-order chi connectivity index (χ1) is 13.8. The zero-order valence-electron chi connectivity index (χ0n) is 16.5. The summed E-state index contributed by atoms with van der Waals surface area (Å²) in [6.45, 7) is 2.19. The topological polar surface area (TPSA) is 0 Å². The van der Waals surface area contributed by atoms with Crippen LogP contribution in [0, 0.1) is 23.4 Å². The molecule has 1 saturated carbocycles. The van der Waals surface area contributed by atoms with Gasteiger partial charge in [0.15, 0.2) is 11.6 Å². The van der Waals surface area contributed by atoms with Crippen LogP contribution in [-0.4, -0.2) is 0 Å². The third-order valence-corrected chi connectivity index (χ3v) is 6.74. The third-order valence-electron chi connectivity index (χ3n) is 6.74. The minimum Gasteiger partial charge on any atom is -0.207 e. The van der Waals surface area contributed by atoms with Gasteiger partial charge in [-0.05, 0) is 66.3 Å². The molecule has 2 aromatic carbocycles. The zero-order chi connectivity index (χ0) is 20.8. The maximum Gasteiger partial charge on any atom is 0.277 e. The average Bonchev–Trinajstić information content (AvgIpc) is 2.96. The number of benzene rings is 2. The van der Waals surface area contributed by atoms with Crippen molar-refractivity contribution in [1.29, 1.82) is 0 Å². The summed E-state index contributed by atoms with van der Waals surface area (Å²) in [5.74, 6) is -6.85. The smallest absolute Gasteiger partial charge is 0.207 e. The van der Waals surface area contributed by atoms with Crippen LogP contribution in [0.15, 0.2) is 30.3 Å². The van der Waals surface area contributed by atoms with Crippen molar-refractivity contribution in [1.82, 2.24) is 0 Å². The quantitative estimate of drug-likeness (QED) is 0.453. The summed E-state index contributed by atoms with van der Waals surface area (Å²) in [4.78, 5) is 0. The van der Waals surface area contributed by atoms with Crippen molar-refractivity contribution in [2.24, 2.45) is 5.92 Å². The first-order valence-electron chi connectivity index (χ1n) is 10.5. The molecule has 0 heterocycles. The standard InChI is InChI=1S/C24H25F5/c1-2-3-14-4-6-15(7-5-14)16-8-9-17(21(26)12-16)19-13-24(28,29)22-18(19)10-11-20(25)23(22)27/h8-12,14-15,19H,2-7,13H2,1H3. The van der Waals surface area contributed by atoms with E-state index in [1.54, 1.807) is 6.07 Å². The van der Waals surface area contributed by atoms with Crippen LogP contribution in [0.1, 0.15) is 86.0 Å². The van der Waals surface area contributed by atoms with Crippen molar-refractivity contribution >= 4 is 0 Å². The summed E-state index contributed by atoms with van der Waals surface area (Å²) in [6, 6.07) is 6.82. The fraction of sp³-hybridized carbons (Fsp3) is 0.500. The Morgan fingerprint density at radius 1 is 0.897 bits per heavy atom. The van der Waals surface area contributed by atoms with E-state index in [1.807, 2.05) is 6.07 Å². The van der Waals surface area contributed by atoms with Crippen molar-refractivity contribution in [3.05, 3.63) is 70.0 Å². The van der Waals surface area contributed by atoms with Crippen LogP contribution in [0.2, 0.25) is 0 Å². The number of hydrogen-bond donors (Lipinski definition) is 0. The van der Waals surface area contributed by atoms with E-state index in [0.717, 1.165) is 49.3 Å². The molecule has 29 heavy (non-hydrogen) atoms. The minimum atomic E-state index is -3.52. The Balaban J connectivity index is 1.60. The SMILES string of the molecule is CCCC1CCC(c2ccc(C3CC(F)(F)c4c3ccc(F)c4F)c(F)c2)CC1. The highest BCUT2D eigenvalue weighted by molar-refractivity contribution is 5.47. The Morgan fingerprint density at radius 3 is 2.24 bits per heavy atom. The molecule has 0 spiro atoms. The van der Waals surface area contributed by atoms with Gasteiger partial charge in [-0.2, -0.15) is 0 Å². The molecule has 0 aliphatic heterocycles. The largest absolute Gasteiger partial charge is 0.277 e. The molecule has 2 aliphatic carbocycles. The summed E-state index contributed by atoms with van der Waals surface area (Å²) < 4.78 is 71.3. The van der Waals surface area contributed by atoms with Crippen LogP contribution >= 0.6 is 0 Å². The molecule has 0 bridgehead atoms. The number of hydrogen-bond acceptors (Lipinski definition) is 0. The minimum absolute atomic E-state index is 0.0272. The van der Waals surface area contributed by atoms with E-state index in [1.165, 1.54) is 18.9 Å². The monoisotopic (exact) mass is 408 g/mol. The van der Waals surface area contributed by atoms with Crippen LogP contribution in [0.25, 0.3) is 0 Å². The predicted octanol–water partition coefficient (Wildman–Crippen LogP) is 7.81. The summed E-state index contributed by atoms with van der Waals surface area (Å²) in [6.07, 6.45) is 5.95. The fourth-order valence-electron chi connectivity index (χ4n) is 5.25. The zero-order valence-corrected chi connectivity index (χ0v) is 16.5. The van der Waals surface area contributed by atoms with Crippen LogP contribution in [-0.2, 0) is 5.92 Å². The highest BCUT2D eigenvalue weighted by Crippen LogP contribution is 2.52. The second-order valence-electron chi connectivity index (χ2n) is 8.57. The van der Waals surface area contributed by atoms with Gasteiger partial charge >= 0.3 is 0 Å². The lowest BCUT2D eigenvalue weighted by atomic mass is 9.77. The summed E-state index contributed by atoms with van der Waals surface area (Å²) in [5, 5.41) is 0. The van der Waals surface area contributed by atoms with Crippen LogP contribution in [0.4, 0.5) is 22.0 Å². The van der Waals surface area contributed by atoms with Crippen molar-refractivity contribution in [3.8, 4) is 0 Å². The molecule has 0 saturated heterocycles. The van der Waals surface area contributed by atoms with Crippen molar-refractivity contribution < 1.29 is 22.0 Å². The number of alkyl halides is 2. The van der Waals surface area contributed by atoms with Gasteiger partial charge in [0.25, 0.3) is 5.92 Å². The molecule has 1 unspecified atom stereocenters. The van der Waals surface area contributed by atoms with Crippen LogP contribution in [0.3, 0.4) is 0 Å². The molecule has 2 aliphatic rings. The van der Waals surface area contributed by atoms with Gasteiger partial charge in [0.2, 0.25) is 0 Å². The second-order valence-corrected chi connectivity index (χ2v) is 8.57. The van der Waals surface area contributed by atoms with Crippen molar-refractivity contribution in [2.45, 2.75) is 69.6 Å².